The number of aliphatic hydroxyl groups excluding tert-OH is 1. The summed E-state index contributed by atoms with van der Waals surface area (Å²) < 4.78 is 0. The zero-order valence-electron chi connectivity index (χ0n) is 11.6. The minimum atomic E-state index is -0.542. The van der Waals surface area contributed by atoms with Gasteiger partial charge in [-0.25, -0.2) is 0 Å². The predicted molar refractivity (Wildman–Crippen MR) is 82.5 cm³/mol. The van der Waals surface area contributed by atoms with Crippen LogP contribution in [0.1, 0.15) is 24.2 Å². The van der Waals surface area contributed by atoms with Gasteiger partial charge in [-0.15, -0.1) is 0 Å². The number of nitriles is 1. The molecular weight excluding hydrogens is 260 g/mol. The Balaban J connectivity index is 2.16. The first-order valence-electron chi connectivity index (χ1n) is 6.75. The number of aliphatic hydroxyl groups is 1. The number of nitrogens with zero attached hydrogens (tertiary/aromatic N) is 2. The summed E-state index contributed by atoms with van der Waals surface area (Å²) in [4.78, 5) is 4.16. The highest BCUT2D eigenvalue weighted by molar-refractivity contribution is 5.88. The molecule has 0 amide bonds. The zero-order valence-corrected chi connectivity index (χ0v) is 11.6. The lowest BCUT2D eigenvalue weighted by Gasteiger charge is -2.12. The first kappa shape index (κ1) is 13.3. The van der Waals surface area contributed by atoms with Gasteiger partial charge in [0.15, 0.2) is 0 Å². The highest BCUT2D eigenvalue weighted by atomic mass is 16.3. The van der Waals surface area contributed by atoms with Crippen molar-refractivity contribution >= 4 is 10.8 Å². The van der Waals surface area contributed by atoms with E-state index in [2.05, 4.69) is 17.1 Å². The molecule has 21 heavy (non-hydrogen) atoms. The van der Waals surface area contributed by atoms with Crippen molar-refractivity contribution in [2.45, 2.75) is 13.0 Å². The number of benzene rings is 2. The fourth-order valence-electron chi connectivity index (χ4n) is 2.49. The third-order valence-corrected chi connectivity index (χ3v) is 3.59. The van der Waals surface area contributed by atoms with Crippen LogP contribution in [-0.2, 0) is 0 Å². The molecule has 3 nitrogen and oxygen atoms in total. The molecule has 0 bridgehead atoms. The average Bonchev–Trinajstić information content (AvgIpc) is 2.53. The Kier molecular flexibility index (Phi) is 3.39. The number of fused-ring (bicyclic) bond motifs is 1. The summed E-state index contributed by atoms with van der Waals surface area (Å²) in [7, 11) is 0. The van der Waals surface area contributed by atoms with Gasteiger partial charge in [-0.05, 0) is 53.1 Å². The van der Waals surface area contributed by atoms with Gasteiger partial charge in [0.25, 0.3) is 0 Å². The lowest BCUT2D eigenvalue weighted by molar-refractivity contribution is 0.200. The third-order valence-electron chi connectivity index (χ3n) is 3.59. The molecule has 0 aliphatic heterocycles. The van der Waals surface area contributed by atoms with E-state index in [0.717, 1.165) is 27.5 Å². The van der Waals surface area contributed by atoms with E-state index in [4.69, 9.17) is 5.26 Å². The van der Waals surface area contributed by atoms with Crippen LogP contribution in [0, 0.1) is 11.3 Å². The smallest absolute Gasteiger partial charge is 0.0991 e. The van der Waals surface area contributed by atoms with Gasteiger partial charge < -0.3 is 5.11 Å². The van der Waals surface area contributed by atoms with Crippen molar-refractivity contribution in [2.75, 3.05) is 0 Å². The maximum Gasteiger partial charge on any atom is 0.0991 e. The second-order valence-electron chi connectivity index (χ2n) is 5.03. The molecule has 1 N–H and O–H groups in total. The molecule has 0 aliphatic carbocycles. The molecule has 0 saturated heterocycles. The van der Waals surface area contributed by atoms with E-state index >= 15 is 0 Å². The fraction of sp³-hybridized carbons (Fsp3) is 0.111. The Labute approximate surface area is 123 Å². The number of aromatic nitrogens is 1. The van der Waals surface area contributed by atoms with Gasteiger partial charge >= 0.3 is 0 Å². The molecular formula is C18H14N2O. The van der Waals surface area contributed by atoms with E-state index in [1.807, 2.05) is 36.4 Å². The van der Waals surface area contributed by atoms with Gasteiger partial charge in [-0.2, -0.15) is 5.26 Å². The number of pyridine rings is 1. The average molecular weight is 274 g/mol. The largest absolute Gasteiger partial charge is 0.389 e. The lowest BCUT2D eigenvalue weighted by Crippen LogP contribution is -1.95. The van der Waals surface area contributed by atoms with E-state index in [1.165, 1.54) is 0 Å². The van der Waals surface area contributed by atoms with Crippen molar-refractivity contribution in [1.82, 2.24) is 4.98 Å². The molecule has 102 valence electrons. The predicted octanol–water partition coefficient (Wildman–Crippen LogP) is 3.83. The van der Waals surface area contributed by atoms with Crippen LogP contribution in [0.2, 0.25) is 0 Å². The minimum absolute atomic E-state index is 0.542. The highest BCUT2D eigenvalue weighted by Gasteiger charge is 2.10. The summed E-state index contributed by atoms with van der Waals surface area (Å²) in [5, 5.41) is 20.9. The molecule has 1 atom stereocenters. The van der Waals surface area contributed by atoms with Gasteiger partial charge in [-0.3, -0.25) is 4.98 Å². The van der Waals surface area contributed by atoms with Crippen LogP contribution in [0.3, 0.4) is 0 Å². The Morgan fingerprint density at radius 3 is 2.62 bits per heavy atom. The number of hydrogen-bond acceptors (Lipinski definition) is 3. The van der Waals surface area contributed by atoms with Gasteiger partial charge in [0.05, 0.1) is 17.7 Å². The summed E-state index contributed by atoms with van der Waals surface area (Å²) >= 11 is 0. The van der Waals surface area contributed by atoms with Crippen LogP contribution in [0.25, 0.3) is 21.9 Å². The lowest BCUT2D eigenvalue weighted by atomic mass is 9.96. The molecule has 0 aliphatic rings. The van der Waals surface area contributed by atoms with Crippen LogP contribution in [0.4, 0.5) is 0 Å². The van der Waals surface area contributed by atoms with Crippen molar-refractivity contribution < 1.29 is 5.11 Å². The van der Waals surface area contributed by atoms with Crippen LogP contribution in [0.15, 0.2) is 54.9 Å². The quantitative estimate of drug-likeness (QED) is 0.772. The second kappa shape index (κ2) is 5.35. The van der Waals surface area contributed by atoms with Gasteiger partial charge in [0.2, 0.25) is 0 Å². The summed E-state index contributed by atoms with van der Waals surface area (Å²) in [5.74, 6) is 0. The van der Waals surface area contributed by atoms with Gasteiger partial charge in [0, 0.05) is 18.0 Å². The van der Waals surface area contributed by atoms with E-state index in [1.54, 1.807) is 19.3 Å². The van der Waals surface area contributed by atoms with Crippen LogP contribution >= 0.6 is 0 Å². The molecule has 1 aromatic heterocycles. The van der Waals surface area contributed by atoms with E-state index < -0.39 is 6.10 Å². The van der Waals surface area contributed by atoms with Crippen molar-refractivity contribution in [3.63, 3.8) is 0 Å². The van der Waals surface area contributed by atoms with E-state index in [-0.39, 0.29) is 0 Å². The van der Waals surface area contributed by atoms with E-state index in [0.29, 0.717) is 5.56 Å². The minimum Gasteiger partial charge on any atom is -0.389 e. The third kappa shape index (κ3) is 2.49. The Hall–Kier alpha value is -2.70. The summed E-state index contributed by atoms with van der Waals surface area (Å²) in [6, 6.07) is 15.6. The van der Waals surface area contributed by atoms with Crippen molar-refractivity contribution in [2.24, 2.45) is 0 Å². The fourth-order valence-corrected chi connectivity index (χ4v) is 2.49. The van der Waals surface area contributed by atoms with Crippen LogP contribution < -0.4 is 0 Å². The molecule has 3 heteroatoms. The molecule has 3 rings (SSSR count). The first-order valence-corrected chi connectivity index (χ1v) is 6.75. The SMILES string of the molecule is C[C@@H](O)c1ccncc1-c1ccc2cc(C#N)ccc2c1. The molecule has 0 unspecified atom stereocenters. The number of rotatable bonds is 2. The molecule has 1 heterocycles. The second-order valence-corrected chi connectivity index (χ2v) is 5.03. The zero-order chi connectivity index (χ0) is 14.8. The number of hydrogen-bond donors (Lipinski definition) is 1. The molecule has 2 aromatic carbocycles. The maximum absolute atomic E-state index is 9.88. The van der Waals surface area contributed by atoms with E-state index in [9.17, 15) is 5.11 Å². The monoisotopic (exact) mass is 274 g/mol. The Morgan fingerprint density at radius 1 is 1.10 bits per heavy atom. The van der Waals surface area contributed by atoms with Crippen molar-refractivity contribution in [3.8, 4) is 17.2 Å². The molecule has 0 radical (unpaired) electrons. The topological polar surface area (TPSA) is 56.9 Å². The summed E-state index contributed by atoms with van der Waals surface area (Å²) in [5.41, 5.74) is 3.45. The van der Waals surface area contributed by atoms with Gasteiger partial charge in [0.1, 0.15) is 0 Å². The van der Waals surface area contributed by atoms with Crippen molar-refractivity contribution in [1.29, 1.82) is 5.26 Å². The Morgan fingerprint density at radius 2 is 1.86 bits per heavy atom. The summed E-state index contributed by atoms with van der Waals surface area (Å²) in [6.07, 6.45) is 2.92. The van der Waals surface area contributed by atoms with Crippen LogP contribution in [-0.4, -0.2) is 10.1 Å². The molecule has 3 aromatic rings. The maximum atomic E-state index is 9.88. The van der Waals surface area contributed by atoms with Crippen LogP contribution in [0.5, 0.6) is 0 Å². The normalized spacial score (nSPS) is 12.0. The molecule has 0 spiro atoms. The molecule has 0 saturated carbocycles. The Bertz CT molecular complexity index is 847. The van der Waals surface area contributed by atoms with Gasteiger partial charge in [-0.1, -0.05) is 18.2 Å². The van der Waals surface area contributed by atoms with Crippen molar-refractivity contribution in [3.05, 3.63) is 66.0 Å². The first-order chi connectivity index (χ1) is 10.2. The highest BCUT2D eigenvalue weighted by Crippen LogP contribution is 2.30. The standard InChI is InChI=1S/C18H14N2O/c1-12(21)17-6-7-20-11-18(17)16-5-4-14-8-13(10-19)2-3-15(14)9-16/h2-9,11-12,21H,1H3/t12-/m1/s1. The molecule has 0 fully saturated rings. The summed E-state index contributed by atoms with van der Waals surface area (Å²) in [6.45, 7) is 1.75.